The van der Waals surface area contributed by atoms with E-state index >= 15 is 0 Å². The normalized spacial score (nSPS) is 13.4. The van der Waals surface area contributed by atoms with Crippen LogP contribution in [0.3, 0.4) is 0 Å². The highest BCUT2D eigenvalue weighted by molar-refractivity contribution is 7.91. The minimum absolute atomic E-state index is 0.212. The Kier molecular flexibility index (Phi) is 4.68. The molecule has 20 heavy (non-hydrogen) atoms. The van der Waals surface area contributed by atoms with Crippen LogP contribution < -0.4 is 4.72 Å². The summed E-state index contributed by atoms with van der Waals surface area (Å²) in [5.41, 5.74) is -2.35. The van der Waals surface area contributed by atoms with Gasteiger partial charge in [0.05, 0.1) is 5.41 Å². The highest BCUT2D eigenvalue weighted by Gasteiger charge is 2.46. The summed E-state index contributed by atoms with van der Waals surface area (Å²) in [6, 6.07) is 3.32. The minimum Gasteiger partial charge on any atom is -0.481 e. The minimum atomic E-state index is -3.72. The summed E-state index contributed by atoms with van der Waals surface area (Å²) in [4.78, 5) is 12.3. The lowest BCUT2D eigenvalue weighted by molar-refractivity contribution is -0.150. The number of rotatable bonds is 6. The molecule has 0 saturated carbocycles. The number of nitrogens with one attached hydrogen (secondary N) is 1. The monoisotopic (exact) mass is 319 g/mol. The number of carboxylic acid groups (broad SMARTS) is 1. The number of thiophene rings is 1. The van der Waals surface area contributed by atoms with Crippen molar-refractivity contribution in [3.8, 4) is 0 Å². The van der Waals surface area contributed by atoms with Crippen molar-refractivity contribution in [1.29, 1.82) is 0 Å². The lowest BCUT2D eigenvalue weighted by Crippen LogP contribution is -2.56. The van der Waals surface area contributed by atoms with Crippen molar-refractivity contribution in [1.82, 2.24) is 4.72 Å². The Morgan fingerprint density at radius 2 is 1.85 bits per heavy atom. The van der Waals surface area contributed by atoms with Crippen molar-refractivity contribution in [3.05, 3.63) is 17.0 Å². The summed E-state index contributed by atoms with van der Waals surface area (Å²) < 4.78 is 27.4. The first-order valence-corrected chi connectivity index (χ1v) is 8.60. The molecule has 1 aromatic heterocycles. The first-order chi connectivity index (χ1) is 8.94. The summed E-state index contributed by atoms with van der Waals surface area (Å²) in [6.45, 7) is 8.11. The number of hydrogen-bond acceptors (Lipinski definition) is 4. The molecule has 0 unspecified atom stereocenters. The summed E-state index contributed by atoms with van der Waals surface area (Å²) in [6.07, 6.45) is 0.768. The molecule has 0 fully saturated rings. The van der Waals surface area contributed by atoms with Gasteiger partial charge in [-0.05, 0) is 46.2 Å². The maximum absolute atomic E-state index is 12.4. The van der Waals surface area contributed by atoms with Gasteiger partial charge in [-0.2, -0.15) is 0 Å². The van der Waals surface area contributed by atoms with Crippen LogP contribution in [0.2, 0.25) is 0 Å². The number of hydrogen-bond donors (Lipinski definition) is 2. The molecular weight excluding hydrogens is 298 g/mol. The van der Waals surface area contributed by atoms with E-state index in [4.69, 9.17) is 0 Å². The van der Waals surface area contributed by atoms with Crippen molar-refractivity contribution >= 4 is 27.3 Å². The second kappa shape index (κ2) is 5.46. The number of aliphatic carboxylic acids is 1. The van der Waals surface area contributed by atoms with E-state index in [1.807, 2.05) is 6.92 Å². The zero-order valence-electron chi connectivity index (χ0n) is 12.4. The smallest absolute Gasteiger partial charge is 0.310 e. The van der Waals surface area contributed by atoms with Crippen molar-refractivity contribution in [2.24, 2.45) is 5.41 Å². The SMILES string of the molecule is CCc1ccc(S(=O)(=O)NC(C)(C)C(C)(C)C(=O)O)s1. The highest BCUT2D eigenvalue weighted by Crippen LogP contribution is 2.33. The fraction of sp³-hybridized carbons (Fsp3) is 0.615. The molecule has 0 amide bonds. The lowest BCUT2D eigenvalue weighted by atomic mass is 9.75. The Morgan fingerprint density at radius 1 is 1.30 bits per heavy atom. The van der Waals surface area contributed by atoms with Crippen LogP contribution in [0.15, 0.2) is 16.3 Å². The first kappa shape index (κ1) is 17.1. The lowest BCUT2D eigenvalue weighted by Gasteiger charge is -2.38. The Morgan fingerprint density at radius 3 is 2.25 bits per heavy atom. The van der Waals surface area contributed by atoms with Crippen LogP contribution in [0.5, 0.6) is 0 Å². The van der Waals surface area contributed by atoms with E-state index in [0.29, 0.717) is 0 Å². The average molecular weight is 319 g/mol. The van der Waals surface area contributed by atoms with Crippen LogP contribution in [0.4, 0.5) is 0 Å². The van der Waals surface area contributed by atoms with Crippen LogP contribution in [0, 0.1) is 5.41 Å². The predicted octanol–water partition coefficient (Wildman–Crippen LogP) is 2.48. The van der Waals surface area contributed by atoms with Crippen molar-refractivity contribution in [2.45, 2.75) is 50.8 Å². The molecule has 1 aromatic rings. The molecule has 5 nitrogen and oxygen atoms in total. The predicted molar refractivity (Wildman–Crippen MR) is 79.5 cm³/mol. The van der Waals surface area contributed by atoms with E-state index in [-0.39, 0.29) is 4.21 Å². The maximum atomic E-state index is 12.4. The van der Waals surface area contributed by atoms with E-state index in [1.54, 1.807) is 26.0 Å². The highest BCUT2D eigenvalue weighted by atomic mass is 32.2. The second-order valence-electron chi connectivity index (χ2n) is 5.73. The van der Waals surface area contributed by atoms with Crippen LogP contribution in [-0.2, 0) is 21.2 Å². The largest absolute Gasteiger partial charge is 0.481 e. The van der Waals surface area contributed by atoms with E-state index in [2.05, 4.69) is 4.72 Å². The van der Waals surface area contributed by atoms with Gasteiger partial charge in [-0.3, -0.25) is 4.79 Å². The van der Waals surface area contributed by atoms with Crippen molar-refractivity contribution in [2.75, 3.05) is 0 Å². The van der Waals surface area contributed by atoms with Crippen LogP contribution >= 0.6 is 11.3 Å². The first-order valence-electron chi connectivity index (χ1n) is 6.30. The molecule has 114 valence electrons. The van der Waals surface area contributed by atoms with Crippen LogP contribution in [0.1, 0.15) is 39.5 Å². The van der Waals surface area contributed by atoms with E-state index < -0.39 is 26.9 Å². The fourth-order valence-electron chi connectivity index (χ4n) is 1.47. The molecule has 0 saturated heterocycles. The average Bonchev–Trinajstić information content (AvgIpc) is 2.76. The summed E-state index contributed by atoms with van der Waals surface area (Å²) in [7, 11) is -3.72. The molecule has 0 atom stereocenters. The summed E-state index contributed by atoms with van der Waals surface area (Å²) in [5, 5.41) is 9.25. The standard InChI is InChI=1S/C13H21NO4S2/c1-6-9-7-8-10(19-9)20(17,18)14-13(4,5)12(2,3)11(15)16/h7-8,14H,6H2,1-5H3,(H,15,16). The number of aryl methyl sites for hydroxylation is 1. The van der Waals surface area contributed by atoms with Gasteiger partial charge >= 0.3 is 5.97 Å². The summed E-state index contributed by atoms with van der Waals surface area (Å²) >= 11 is 1.20. The number of carboxylic acids is 1. The quantitative estimate of drug-likeness (QED) is 0.844. The maximum Gasteiger partial charge on any atom is 0.310 e. The molecule has 0 bridgehead atoms. The molecule has 0 aliphatic rings. The van der Waals surface area contributed by atoms with Crippen molar-refractivity contribution < 1.29 is 18.3 Å². The molecule has 0 radical (unpaired) electrons. The molecule has 2 N–H and O–H groups in total. The topological polar surface area (TPSA) is 83.5 Å². The Bertz CT molecular complexity index is 600. The van der Waals surface area contributed by atoms with Gasteiger partial charge in [0.2, 0.25) is 0 Å². The Labute approximate surface area is 124 Å². The third-order valence-electron chi connectivity index (χ3n) is 3.74. The zero-order chi connectivity index (χ0) is 15.8. The molecule has 0 aliphatic carbocycles. The summed E-state index contributed by atoms with van der Waals surface area (Å²) in [5.74, 6) is -1.05. The zero-order valence-corrected chi connectivity index (χ0v) is 14.0. The number of sulfonamides is 1. The van der Waals surface area contributed by atoms with Gasteiger partial charge in [0.25, 0.3) is 10.0 Å². The molecule has 1 rings (SSSR count). The van der Waals surface area contributed by atoms with Crippen molar-refractivity contribution in [3.63, 3.8) is 0 Å². The van der Waals surface area contributed by atoms with Gasteiger partial charge in [0.15, 0.2) is 0 Å². The second-order valence-corrected chi connectivity index (χ2v) is 8.81. The van der Waals surface area contributed by atoms with E-state index in [9.17, 15) is 18.3 Å². The van der Waals surface area contributed by atoms with Gasteiger partial charge in [-0.25, -0.2) is 13.1 Å². The number of carbonyl (C=O) groups is 1. The molecule has 0 spiro atoms. The molecule has 7 heteroatoms. The van der Waals surface area contributed by atoms with Gasteiger partial charge < -0.3 is 5.11 Å². The third-order valence-corrected chi connectivity index (χ3v) is 7.11. The molecule has 0 aromatic carbocycles. The van der Waals surface area contributed by atoms with Gasteiger partial charge in [0, 0.05) is 10.4 Å². The molecular formula is C13H21NO4S2. The van der Waals surface area contributed by atoms with Gasteiger partial charge in [-0.1, -0.05) is 6.92 Å². The van der Waals surface area contributed by atoms with Crippen LogP contribution in [0.25, 0.3) is 0 Å². The third kappa shape index (κ3) is 3.21. The van der Waals surface area contributed by atoms with Gasteiger partial charge in [-0.15, -0.1) is 11.3 Å². The molecule has 1 heterocycles. The fourth-order valence-corrected chi connectivity index (χ4v) is 4.31. The Hall–Kier alpha value is -0.920. The van der Waals surface area contributed by atoms with E-state index in [0.717, 1.165) is 11.3 Å². The van der Waals surface area contributed by atoms with E-state index in [1.165, 1.54) is 25.2 Å². The Balaban J connectivity index is 3.10. The van der Waals surface area contributed by atoms with Gasteiger partial charge in [0.1, 0.15) is 4.21 Å². The van der Waals surface area contributed by atoms with Crippen LogP contribution in [-0.4, -0.2) is 25.0 Å². The molecule has 0 aliphatic heterocycles.